The molecule has 0 aliphatic carbocycles. The van der Waals surface area contributed by atoms with Crippen molar-refractivity contribution >= 4 is 23.1 Å². The first-order valence-corrected chi connectivity index (χ1v) is 8.07. The van der Waals surface area contributed by atoms with Crippen LogP contribution in [0.4, 0.5) is 30.4 Å². The molecule has 0 unspecified atom stereocenters. The Morgan fingerprint density at radius 1 is 0.964 bits per heavy atom. The molecule has 2 aromatic carbocycles. The molecule has 3 rings (SSSR count). The highest BCUT2D eigenvalue weighted by Crippen LogP contribution is 2.30. The minimum Gasteiger partial charge on any atom is -0.340 e. The van der Waals surface area contributed by atoms with Crippen LogP contribution in [-0.4, -0.2) is 10.9 Å². The van der Waals surface area contributed by atoms with Crippen LogP contribution in [0.5, 0.6) is 0 Å². The summed E-state index contributed by atoms with van der Waals surface area (Å²) in [5.41, 5.74) is 0.975. The van der Waals surface area contributed by atoms with Gasteiger partial charge in [-0.2, -0.15) is 18.4 Å². The average molecular weight is 382 g/mol. The number of amides is 1. The number of alkyl halides is 3. The fourth-order valence-corrected chi connectivity index (χ4v) is 2.36. The number of nitrogens with zero attached hydrogens (tertiary/aromatic N) is 2. The standard InChI is InChI=1S/C20H13F3N4O/c21-20(22,23)15-3-7-16(8-4-15)26-18-11-14(9-10-25-18)19(28)27-17-5-1-13(12-24)2-6-17/h1-11H,(H,25,26)(H,27,28). The minimum absolute atomic E-state index is 0.312. The van der Waals surface area contributed by atoms with Crippen LogP contribution >= 0.6 is 0 Å². The zero-order valence-electron chi connectivity index (χ0n) is 14.3. The predicted molar refractivity (Wildman–Crippen MR) is 98.1 cm³/mol. The first-order valence-electron chi connectivity index (χ1n) is 8.07. The van der Waals surface area contributed by atoms with Gasteiger partial charge in [0.05, 0.1) is 17.2 Å². The maximum atomic E-state index is 12.6. The van der Waals surface area contributed by atoms with Crippen LogP contribution in [0.2, 0.25) is 0 Å². The second-order valence-corrected chi connectivity index (χ2v) is 5.77. The zero-order valence-corrected chi connectivity index (χ0v) is 14.3. The van der Waals surface area contributed by atoms with Gasteiger partial charge in [0.25, 0.3) is 5.91 Å². The number of hydrogen-bond acceptors (Lipinski definition) is 4. The maximum absolute atomic E-state index is 12.6. The summed E-state index contributed by atoms with van der Waals surface area (Å²) in [4.78, 5) is 16.4. The molecule has 140 valence electrons. The van der Waals surface area contributed by atoms with Crippen molar-refractivity contribution < 1.29 is 18.0 Å². The fourth-order valence-electron chi connectivity index (χ4n) is 2.36. The van der Waals surface area contributed by atoms with Crippen LogP contribution in [0.3, 0.4) is 0 Å². The minimum atomic E-state index is -4.40. The van der Waals surface area contributed by atoms with Crippen molar-refractivity contribution in [1.82, 2.24) is 4.98 Å². The normalized spacial score (nSPS) is 10.8. The van der Waals surface area contributed by atoms with Crippen LogP contribution in [-0.2, 0) is 6.18 Å². The summed E-state index contributed by atoms with van der Waals surface area (Å²) in [6.45, 7) is 0. The van der Waals surface area contributed by atoms with E-state index < -0.39 is 11.7 Å². The van der Waals surface area contributed by atoms with Crippen LogP contribution in [0.15, 0.2) is 66.9 Å². The Balaban J connectivity index is 1.71. The average Bonchev–Trinajstić information content (AvgIpc) is 2.68. The number of halogens is 3. The summed E-state index contributed by atoms with van der Waals surface area (Å²) in [6.07, 6.45) is -2.99. The molecule has 0 fully saturated rings. The third-order valence-electron chi connectivity index (χ3n) is 3.78. The largest absolute Gasteiger partial charge is 0.416 e. The lowest BCUT2D eigenvalue weighted by Crippen LogP contribution is -2.12. The second-order valence-electron chi connectivity index (χ2n) is 5.77. The summed E-state index contributed by atoms with van der Waals surface area (Å²) < 4.78 is 37.8. The molecule has 0 radical (unpaired) electrons. The summed E-state index contributed by atoms with van der Waals surface area (Å²) in [5.74, 6) is -0.0742. The lowest BCUT2D eigenvalue weighted by molar-refractivity contribution is -0.137. The van der Waals surface area contributed by atoms with E-state index in [0.717, 1.165) is 12.1 Å². The molecule has 2 N–H and O–H groups in total. The van der Waals surface area contributed by atoms with Gasteiger partial charge >= 0.3 is 6.18 Å². The highest BCUT2D eigenvalue weighted by Gasteiger charge is 2.29. The molecular weight excluding hydrogens is 369 g/mol. The number of anilines is 3. The Hall–Kier alpha value is -3.86. The first kappa shape index (κ1) is 18.9. The van der Waals surface area contributed by atoms with Crippen LogP contribution < -0.4 is 10.6 Å². The van der Waals surface area contributed by atoms with E-state index in [-0.39, 0.29) is 5.91 Å². The molecule has 0 atom stereocenters. The maximum Gasteiger partial charge on any atom is 0.416 e. The van der Waals surface area contributed by atoms with E-state index in [9.17, 15) is 18.0 Å². The molecule has 0 aliphatic heterocycles. The summed E-state index contributed by atoms with van der Waals surface area (Å²) >= 11 is 0. The van der Waals surface area contributed by atoms with Crippen molar-refractivity contribution in [2.45, 2.75) is 6.18 Å². The van der Waals surface area contributed by atoms with Crippen molar-refractivity contribution in [1.29, 1.82) is 5.26 Å². The Labute approximate surface area is 158 Å². The van der Waals surface area contributed by atoms with Crippen molar-refractivity contribution in [2.24, 2.45) is 0 Å². The van der Waals surface area contributed by atoms with E-state index in [1.54, 1.807) is 24.3 Å². The van der Waals surface area contributed by atoms with Crippen molar-refractivity contribution in [3.8, 4) is 6.07 Å². The lowest BCUT2D eigenvalue weighted by Gasteiger charge is -2.10. The number of carbonyl (C=O) groups is 1. The first-order chi connectivity index (χ1) is 13.3. The predicted octanol–water partition coefficient (Wildman–Crippen LogP) is 4.97. The molecule has 0 spiro atoms. The van der Waals surface area contributed by atoms with Gasteiger partial charge in [-0.15, -0.1) is 0 Å². The van der Waals surface area contributed by atoms with Crippen molar-refractivity contribution in [3.05, 3.63) is 83.6 Å². The quantitative estimate of drug-likeness (QED) is 0.668. The topological polar surface area (TPSA) is 77.8 Å². The van der Waals surface area contributed by atoms with Gasteiger partial charge in [-0.3, -0.25) is 4.79 Å². The van der Waals surface area contributed by atoms with Gasteiger partial charge < -0.3 is 10.6 Å². The zero-order chi connectivity index (χ0) is 20.1. The molecule has 1 aromatic heterocycles. The lowest BCUT2D eigenvalue weighted by atomic mass is 10.2. The van der Waals surface area contributed by atoms with Gasteiger partial charge in [0.1, 0.15) is 5.82 Å². The number of rotatable bonds is 4. The summed E-state index contributed by atoms with van der Waals surface area (Å²) in [7, 11) is 0. The van der Waals surface area contributed by atoms with Gasteiger partial charge in [-0.05, 0) is 60.7 Å². The smallest absolute Gasteiger partial charge is 0.340 e. The molecular formula is C20H13F3N4O. The van der Waals surface area contributed by atoms with Crippen molar-refractivity contribution in [3.63, 3.8) is 0 Å². The number of carbonyl (C=O) groups excluding carboxylic acids is 1. The highest BCUT2D eigenvalue weighted by molar-refractivity contribution is 6.04. The van der Waals surface area contributed by atoms with Gasteiger partial charge in [0, 0.05) is 23.1 Å². The third kappa shape index (κ3) is 4.65. The number of pyridine rings is 1. The summed E-state index contributed by atoms with van der Waals surface area (Å²) in [5, 5.41) is 14.3. The van der Waals surface area contributed by atoms with Crippen molar-refractivity contribution in [2.75, 3.05) is 10.6 Å². The number of aromatic nitrogens is 1. The molecule has 3 aromatic rings. The monoisotopic (exact) mass is 382 g/mol. The van der Waals surface area contributed by atoms with Gasteiger partial charge in [-0.1, -0.05) is 0 Å². The van der Waals surface area contributed by atoms with Gasteiger partial charge in [0.2, 0.25) is 0 Å². The summed E-state index contributed by atoms with van der Waals surface area (Å²) in [6, 6.07) is 15.9. The third-order valence-corrected chi connectivity index (χ3v) is 3.78. The van der Waals surface area contributed by atoms with Crippen LogP contribution in [0, 0.1) is 11.3 Å². The van der Waals surface area contributed by atoms with E-state index in [1.165, 1.54) is 30.5 Å². The Morgan fingerprint density at radius 2 is 1.61 bits per heavy atom. The SMILES string of the molecule is N#Cc1ccc(NC(=O)c2ccnc(Nc3ccc(C(F)(F)F)cc3)c2)cc1. The van der Waals surface area contributed by atoms with Crippen LogP contribution in [0.1, 0.15) is 21.5 Å². The van der Waals surface area contributed by atoms with E-state index >= 15 is 0 Å². The van der Waals surface area contributed by atoms with Crippen LogP contribution in [0.25, 0.3) is 0 Å². The molecule has 0 bridgehead atoms. The molecule has 0 saturated carbocycles. The Bertz CT molecular complexity index is 1020. The number of hydrogen-bond donors (Lipinski definition) is 2. The van der Waals surface area contributed by atoms with Gasteiger partial charge in [0.15, 0.2) is 0 Å². The van der Waals surface area contributed by atoms with Gasteiger partial charge in [-0.25, -0.2) is 4.98 Å². The van der Waals surface area contributed by atoms with E-state index in [4.69, 9.17) is 5.26 Å². The molecule has 28 heavy (non-hydrogen) atoms. The molecule has 8 heteroatoms. The molecule has 0 aliphatic rings. The molecule has 1 heterocycles. The second kappa shape index (κ2) is 7.80. The van der Waals surface area contributed by atoms with E-state index in [1.807, 2.05) is 6.07 Å². The highest BCUT2D eigenvalue weighted by atomic mass is 19.4. The Kier molecular flexibility index (Phi) is 5.27. The number of benzene rings is 2. The van der Waals surface area contributed by atoms with E-state index in [0.29, 0.717) is 28.3 Å². The molecule has 0 saturated heterocycles. The number of nitrogens with one attached hydrogen (secondary N) is 2. The Morgan fingerprint density at radius 3 is 2.21 bits per heavy atom. The number of nitriles is 1. The molecule has 5 nitrogen and oxygen atoms in total. The fraction of sp³-hybridized carbons (Fsp3) is 0.0500. The molecule has 1 amide bonds. The van der Waals surface area contributed by atoms with E-state index in [2.05, 4.69) is 15.6 Å².